The lowest BCUT2D eigenvalue weighted by molar-refractivity contribution is -0.120. The number of hydrogen-bond acceptors (Lipinski definition) is 4. The average Bonchev–Trinajstić information content (AvgIpc) is 3.14. The first kappa shape index (κ1) is 21.3. The third kappa shape index (κ3) is 4.00. The van der Waals surface area contributed by atoms with Gasteiger partial charge in [-0.05, 0) is 65.9 Å². The molecule has 0 saturated carbocycles. The van der Waals surface area contributed by atoms with Crippen LogP contribution < -0.4 is 15.2 Å². The molecule has 2 atom stereocenters. The Morgan fingerprint density at radius 2 is 1.87 bits per heavy atom. The number of halogens is 3. The molecule has 3 aromatic carbocycles. The van der Waals surface area contributed by atoms with E-state index in [9.17, 15) is 18.0 Å². The van der Waals surface area contributed by atoms with Crippen molar-refractivity contribution in [3.8, 4) is 5.75 Å². The Morgan fingerprint density at radius 1 is 1.10 bits per heavy atom. The molecular weight excluding hydrogens is 425 g/mol. The van der Waals surface area contributed by atoms with Gasteiger partial charge in [0.2, 0.25) is 11.7 Å². The number of fused-ring (bicyclic) bond motifs is 1. The minimum Gasteiger partial charge on any atom is -0.493 e. The van der Waals surface area contributed by atoms with Crippen molar-refractivity contribution in [1.29, 1.82) is 0 Å². The van der Waals surface area contributed by atoms with Crippen LogP contribution in [0.4, 0.5) is 18.9 Å². The molecule has 31 heavy (non-hydrogen) atoms. The van der Waals surface area contributed by atoms with Crippen LogP contribution in [-0.2, 0) is 11.2 Å². The van der Waals surface area contributed by atoms with Gasteiger partial charge in [0.05, 0.1) is 13.0 Å². The van der Waals surface area contributed by atoms with E-state index < -0.39 is 29.3 Å². The molecular formula is C23H19F3N2O2S. The van der Waals surface area contributed by atoms with Crippen molar-refractivity contribution in [3.63, 3.8) is 0 Å². The van der Waals surface area contributed by atoms with Crippen LogP contribution in [0.15, 0.2) is 59.5 Å². The van der Waals surface area contributed by atoms with Crippen molar-refractivity contribution in [1.82, 2.24) is 0 Å². The number of carbonyl (C=O) groups excluding carboxylic acids is 1. The van der Waals surface area contributed by atoms with Crippen LogP contribution in [0.2, 0.25) is 0 Å². The Kier molecular flexibility index (Phi) is 5.93. The molecule has 3 aromatic rings. The van der Waals surface area contributed by atoms with Crippen LogP contribution in [0.1, 0.15) is 22.6 Å². The summed E-state index contributed by atoms with van der Waals surface area (Å²) in [5.74, 6) is -4.49. The third-order valence-electron chi connectivity index (χ3n) is 5.48. The second-order valence-corrected chi connectivity index (χ2v) is 7.96. The highest BCUT2D eigenvalue weighted by Gasteiger charge is 2.40. The Labute approximate surface area is 181 Å². The van der Waals surface area contributed by atoms with E-state index in [1.54, 1.807) is 24.3 Å². The number of anilines is 1. The number of hydrogen-bond donors (Lipinski definition) is 2. The SMILES string of the molecule is COc1c([C@H]2c3ccc(F)cc3C[C@H]2C(=O)Nc2cccc(SN)c2)ccc(F)c1F. The number of amides is 1. The molecule has 0 saturated heterocycles. The summed E-state index contributed by atoms with van der Waals surface area (Å²) in [5, 5.41) is 8.45. The molecule has 0 heterocycles. The highest BCUT2D eigenvalue weighted by Crippen LogP contribution is 2.47. The Morgan fingerprint density at radius 3 is 2.61 bits per heavy atom. The Balaban J connectivity index is 1.76. The number of nitrogens with one attached hydrogen (secondary N) is 1. The summed E-state index contributed by atoms with van der Waals surface area (Å²) in [6, 6.07) is 13.7. The van der Waals surface area contributed by atoms with E-state index in [1.807, 2.05) is 6.07 Å². The van der Waals surface area contributed by atoms with Crippen molar-refractivity contribution in [2.24, 2.45) is 11.1 Å². The number of methoxy groups -OCH3 is 1. The van der Waals surface area contributed by atoms with E-state index >= 15 is 0 Å². The topological polar surface area (TPSA) is 64.3 Å². The molecule has 3 N–H and O–H groups in total. The molecule has 0 fully saturated rings. The standard InChI is InChI=1S/C23H19F3N2O2S/c1-30-22-17(7-8-19(25)21(22)26)20-16-6-5-13(24)9-12(16)10-18(20)23(29)28-14-3-2-4-15(11-14)31-27/h2-9,11,18,20H,10,27H2,1H3,(H,28,29)/t18-,20-/m1/s1. The highest BCUT2D eigenvalue weighted by molar-refractivity contribution is 7.97. The van der Waals surface area contributed by atoms with Crippen molar-refractivity contribution in [2.75, 3.05) is 12.4 Å². The van der Waals surface area contributed by atoms with Crippen LogP contribution in [0.3, 0.4) is 0 Å². The molecule has 1 amide bonds. The van der Waals surface area contributed by atoms with Gasteiger partial charge in [-0.2, -0.15) is 4.39 Å². The van der Waals surface area contributed by atoms with Crippen molar-refractivity contribution < 1.29 is 22.7 Å². The summed E-state index contributed by atoms with van der Waals surface area (Å²) in [5.41, 5.74) is 2.21. The first-order valence-electron chi connectivity index (χ1n) is 9.50. The molecule has 8 heteroatoms. The summed E-state index contributed by atoms with van der Waals surface area (Å²) in [6.07, 6.45) is 0.247. The van der Waals surface area contributed by atoms with E-state index in [-0.39, 0.29) is 18.1 Å². The lowest BCUT2D eigenvalue weighted by atomic mass is 9.84. The predicted molar refractivity (Wildman–Crippen MR) is 113 cm³/mol. The fourth-order valence-electron chi connectivity index (χ4n) is 4.14. The van der Waals surface area contributed by atoms with E-state index in [1.165, 1.54) is 25.3 Å². The summed E-state index contributed by atoms with van der Waals surface area (Å²) in [4.78, 5) is 14.0. The number of ether oxygens (including phenoxy) is 1. The van der Waals surface area contributed by atoms with Crippen LogP contribution in [0.25, 0.3) is 0 Å². The molecule has 0 spiro atoms. The van der Waals surface area contributed by atoms with Crippen LogP contribution in [0.5, 0.6) is 5.75 Å². The maximum atomic E-state index is 14.4. The normalized spacial score (nSPS) is 17.3. The first-order chi connectivity index (χ1) is 14.9. The van der Waals surface area contributed by atoms with Crippen LogP contribution in [0, 0.1) is 23.4 Å². The molecule has 0 aliphatic heterocycles. The second kappa shape index (κ2) is 8.64. The molecule has 4 rings (SSSR count). The van der Waals surface area contributed by atoms with E-state index in [4.69, 9.17) is 9.88 Å². The first-order valence-corrected chi connectivity index (χ1v) is 10.4. The third-order valence-corrected chi connectivity index (χ3v) is 6.00. The van der Waals surface area contributed by atoms with Gasteiger partial charge in [0.15, 0.2) is 11.6 Å². The average molecular weight is 444 g/mol. The van der Waals surface area contributed by atoms with Gasteiger partial charge in [-0.25, -0.2) is 8.78 Å². The zero-order valence-corrected chi connectivity index (χ0v) is 17.3. The van der Waals surface area contributed by atoms with Crippen LogP contribution >= 0.6 is 11.9 Å². The van der Waals surface area contributed by atoms with Gasteiger partial charge in [0.25, 0.3) is 0 Å². The molecule has 1 aliphatic rings. The van der Waals surface area contributed by atoms with Gasteiger partial charge >= 0.3 is 0 Å². The summed E-state index contributed by atoms with van der Waals surface area (Å²) in [6.45, 7) is 0. The zero-order valence-electron chi connectivity index (χ0n) is 16.5. The zero-order chi connectivity index (χ0) is 22.1. The maximum Gasteiger partial charge on any atom is 0.228 e. The molecule has 1 aliphatic carbocycles. The van der Waals surface area contributed by atoms with E-state index in [0.717, 1.165) is 22.9 Å². The molecule has 0 aromatic heterocycles. The minimum atomic E-state index is -1.12. The fourth-order valence-corrected chi connectivity index (χ4v) is 4.49. The van der Waals surface area contributed by atoms with Gasteiger partial charge in [0.1, 0.15) is 5.82 Å². The molecule has 0 radical (unpaired) electrons. The van der Waals surface area contributed by atoms with Crippen molar-refractivity contribution >= 4 is 23.5 Å². The van der Waals surface area contributed by atoms with E-state index in [2.05, 4.69) is 5.32 Å². The fraction of sp³-hybridized carbons (Fsp3) is 0.174. The van der Waals surface area contributed by atoms with Gasteiger partial charge in [-0.3, -0.25) is 9.93 Å². The molecule has 4 nitrogen and oxygen atoms in total. The lowest BCUT2D eigenvalue weighted by Gasteiger charge is -2.23. The molecule has 0 bridgehead atoms. The predicted octanol–water partition coefficient (Wildman–Crippen LogP) is 5.02. The summed E-state index contributed by atoms with van der Waals surface area (Å²) >= 11 is 1.05. The summed E-state index contributed by atoms with van der Waals surface area (Å²) < 4.78 is 47.3. The van der Waals surface area contributed by atoms with Gasteiger partial charge in [-0.1, -0.05) is 18.2 Å². The van der Waals surface area contributed by atoms with Gasteiger partial charge in [-0.15, -0.1) is 0 Å². The maximum absolute atomic E-state index is 14.4. The summed E-state index contributed by atoms with van der Waals surface area (Å²) in [7, 11) is 1.24. The number of rotatable bonds is 5. The molecule has 160 valence electrons. The van der Waals surface area contributed by atoms with Gasteiger partial charge < -0.3 is 10.1 Å². The van der Waals surface area contributed by atoms with Crippen molar-refractivity contribution in [3.05, 3.63) is 88.7 Å². The number of carbonyl (C=O) groups is 1. The lowest BCUT2D eigenvalue weighted by Crippen LogP contribution is -2.27. The Hall–Kier alpha value is -2.97. The number of nitrogens with two attached hydrogens (primary N) is 1. The van der Waals surface area contributed by atoms with E-state index in [0.29, 0.717) is 22.4 Å². The van der Waals surface area contributed by atoms with Crippen molar-refractivity contribution in [2.45, 2.75) is 17.2 Å². The smallest absolute Gasteiger partial charge is 0.228 e. The quantitative estimate of drug-likeness (QED) is 0.543. The second-order valence-electron chi connectivity index (χ2n) is 7.25. The monoisotopic (exact) mass is 444 g/mol. The Bertz CT molecular complexity index is 1160. The molecule has 0 unspecified atom stereocenters. The number of benzene rings is 3. The minimum absolute atomic E-state index is 0.247. The van der Waals surface area contributed by atoms with Crippen LogP contribution in [-0.4, -0.2) is 13.0 Å². The largest absolute Gasteiger partial charge is 0.493 e. The van der Waals surface area contributed by atoms with Gasteiger partial charge in [0, 0.05) is 22.1 Å². The highest BCUT2D eigenvalue weighted by atomic mass is 32.2.